The van der Waals surface area contributed by atoms with Crippen LogP contribution in [0.4, 0.5) is 10.2 Å². The summed E-state index contributed by atoms with van der Waals surface area (Å²) in [5, 5.41) is 0. The van der Waals surface area contributed by atoms with Crippen molar-refractivity contribution >= 4 is 11.7 Å². The molecular formula is C34H53FN6O4. The number of ether oxygens (including phenoxy) is 3. The lowest BCUT2D eigenvalue weighted by atomic mass is 10.0. The van der Waals surface area contributed by atoms with E-state index in [1.807, 2.05) is 63.8 Å². The Bertz CT molecular complexity index is 1210. The molecule has 0 saturated carbocycles. The predicted molar refractivity (Wildman–Crippen MR) is 175 cm³/mol. The van der Waals surface area contributed by atoms with Gasteiger partial charge in [0.05, 0.1) is 24.8 Å². The molecule has 45 heavy (non-hydrogen) atoms. The van der Waals surface area contributed by atoms with Gasteiger partial charge in [0.15, 0.2) is 17.9 Å². The van der Waals surface area contributed by atoms with Gasteiger partial charge in [0.25, 0.3) is 0 Å². The topological polar surface area (TPSA) is 96.6 Å². The molecule has 1 atom stereocenters. The quantitative estimate of drug-likeness (QED) is 0.297. The van der Waals surface area contributed by atoms with Crippen molar-refractivity contribution in [3.05, 3.63) is 53.5 Å². The largest absolute Gasteiger partial charge is 0.488 e. The van der Waals surface area contributed by atoms with Crippen molar-refractivity contribution in [2.45, 2.75) is 78.5 Å². The van der Waals surface area contributed by atoms with E-state index in [9.17, 15) is 4.79 Å². The number of benzene rings is 1. The number of rotatable bonds is 15. The first-order valence-electron chi connectivity index (χ1n) is 16.4. The number of carbonyl (C=O) groups is 1. The highest BCUT2D eigenvalue weighted by molar-refractivity contribution is 5.82. The van der Waals surface area contributed by atoms with Crippen LogP contribution in [0.2, 0.25) is 0 Å². The number of hydrogen-bond donors (Lipinski definition) is 1. The number of halogens is 1. The third-order valence-electron chi connectivity index (χ3n) is 8.28. The molecule has 3 heterocycles. The molecule has 4 rings (SSSR count). The fourth-order valence-electron chi connectivity index (χ4n) is 5.84. The Morgan fingerprint density at radius 1 is 1.02 bits per heavy atom. The van der Waals surface area contributed by atoms with Crippen LogP contribution in [0.25, 0.3) is 0 Å². The summed E-state index contributed by atoms with van der Waals surface area (Å²) >= 11 is 0. The fourth-order valence-corrected chi connectivity index (χ4v) is 5.84. The number of nitrogens with two attached hydrogens (primary N) is 1. The summed E-state index contributed by atoms with van der Waals surface area (Å²) in [4.78, 5) is 27.1. The first-order valence-corrected chi connectivity index (χ1v) is 16.4. The number of amides is 1. The van der Waals surface area contributed by atoms with Gasteiger partial charge in [0, 0.05) is 58.5 Å². The van der Waals surface area contributed by atoms with E-state index in [1.54, 1.807) is 11.0 Å². The molecule has 2 aromatic rings. The number of aromatic nitrogens is 1. The fraction of sp³-hybridized carbons (Fsp3) is 0.647. The number of nitrogens with zero attached hydrogens (tertiary/aromatic N) is 5. The first-order chi connectivity index (χ1) is 21.5. The number of likely N-dealkylation sites (N-methyl/N-ethyl adjacent to an activating group) is 1. The van der Waals surface area contributed by atoms with Gasteiger partial charge in [-0.05, 0) is 77.4 Å². The van der Waals surface area contributed by atoms with Gasteiger partial charge in [0.1, 0.15) is 11.4 Å². The molecule has 0 bridgehead atoms. The number of pyridine rings is 1. The Balaban J connectivity index is 1.44. The van der Waals surface area contributed by atoms with Crippen LogP contribution in [0.5, 0.6) is 5.75 Å². The van der Waals surface area contributed by atoms with Crippen LogP contribution >= 0.6 is 0 Å². The molecule has 1 aromatic carbocycles. The van der Waals surface area contributed by atoms with Gasteiger partial charge >= 0.3 is 0 Å². The minimum absolute atomic E-state index is 0.158. The second-order valence-corrected chi connectivity index (χ2v) is 12.9. The van der Waals surface area contributed by atoms with Crippen LogP contribution in [0, 0.1) is 5.82 Å². The highest BCUT2D eigenvalue weighted by atomic mass is 19.1. The van der Waals surface area contributed by atoms with Gasteiger partial charge in [-0.3, -0.25) is 9.69 Å². The predicted octanol–water partition coefficient (Wildman–Crippen LogP) is 3.52. The lowest BCUT2D eigenvalue weighted by Gasteiger charge is -2.48. The highest BCUT2D eigenvalue weighted by Crippen LogP contribution is 2.26. The van der Waals surface area contributed by atoms with Crippen LogP contribution in [0.1, 0.15) is 52.8 Å². The van der Waals surface area contributed by atoms with Crippen LogP contribution in [-0.4, -0.2) is 115 Å². The number of piperazine rings is 1. The van der Waals surface area contributed by atoms with Crippen molar-refractivity contribution < 1.29 is 23.4 Å². The molecule has 0 unspecified atom stereocenters. The third kappa shape index (κ3) is 10.1. The molecule has 1 aromatic heterocycles. The maximum Gasteiger partial charge on any atom is 0.240 e. The number of anilines is 1. The van der Waals surface area contributed by atoms with Crippen LogP contribution in [0.3, 0.4) is 0 Å². The molecular weight excluding hydrogens is 575 g/mol. The molecule has 11 heteroatoms. The molecule has 2 N–H and O–H groups in total. The minimum atomic E-state index is -0.799. The second kappa shape index (κ2) is 16.1. The summed E-state index contributed by atoms with van der Waals surface area (Å²) in [6, 6.07) is 10.3. The van der Waals surface area contributed by atoms with E-state index >= 15 is 4.39 Å². The van der Waals surface area contributed by atoms with Crippen molar-refractivity contribution in [3.63, 3.8) is 0 Å². The summed E-state index contributed by atoms with van der Waals surface area (Å²) in [5.41, 5.74) is 7.71. The normalized spacial score (nSPS) is 17.4. The number of hydrogen-bond acceptors (Lipinski definition) is 9. The van der Waals surface area contributed by atoms with Gasteiger partial charge in [-0.15, -0.1) is 0 Å². The van der Waals surface area contributed by atoms with Crippen molar-refractivity contribution in [3.8, 4) is 5.75 Å². The average molecular weight is 629 g/mol. The Hall–Kier alpha value is -2.83. The summed E-state index contributed by atoms with van der Waals surface area (Å²) in [6.07, 6.45) is -0.266. The van der Waals surface area contributed by atoms with E-state index in [-0.39, 0.29) is 30.4 Å². The van der Waals surface area contributed by atoms with Crippen LogP contribution in [-0.2, 0) is 27.2 Å². The van der Waals surface area contributed by atoms with E-state index in [2.05, 4.69) is 16.7 Å². The van der Waals surface area contributed by atoms with Gasteiger partial charge in [-0.1, -0.05) is 19.1 Å². The molecule has 2 aliphatic rings. The van der Waals surface area contributed by atoms with Crippen LogP contribution in [0.15, 0.2) is 36.4 Å². The maximum atomic E-state index is 15.0. The summed E-state index contributed by atoms with van der Waals surface area (Å²) in [7, 11) is 0. The SMILES string of the molecule is CCOC(CN(Cc1ccc(F)c(N2CC(N3CCN(CC)CC3)C2)n1)C(=O)[C@@H](N)Cc1ccc(OC(C)(C)C)cc1)OCC. The van der Waals surface area contributed by atoms with E-state index < -0.39 is 12.3 Å². The lowest BCUT2D eigenvalue weighted by Crippen LogP contribution is -2.63. The molecule has 0 radical (unpaired) electrons. The molecule has 250 valence electrons. The summed E-state index contributed by atoms with van der Waals surface area (Å²) < 4.78 is 32.5. The highest BCUT2D eigenvalue weighted by Gasteiger charge is 2.35. The Morgan fingerprint density at radius 2 is 1.67 bits per heavy atom. The maximum absolute atomic E-state index is 15.0. The average Bonchev–Trinajstić information content (AvgIpc) is 2.98. The van der Waals surface area contributed by atoms with Gasteiger partial charge in [-0.2, -0.15) is 0 Å². The smallest absolute Gasteiger partial charge is 0.240 e. The molecule has 2 aliphatic heterocycles. The lowest BCUT2D eigenvalue weighted by molar-refractivity contribution is -0.160. The van der Waals surface area contributed by atoms with Gasteiger partial charge < -0.3 is 34.6 Å². The second-order valence-electron chi connectivity index (χ2n) is 12.9. The molecule has 0 spiro atoms. The first kappa shape index (κ1) is 35.0. The summed E-state index contributed by atoms with van der Waals surface area (Å²) in [6.45, 7) is 19.9. The van der Waals surface area contributed by atoms with E-state index in [1.165, 1.54) is 6.07 Å². The van der Waals surface area contributed by atoms with Crippen molar-refractivity contribution in [1.82, 2.24) is 19.7 Å². The van der Waals surface area contributed by atoms with Gasteiger partial charge in [0.2, 0.25) is 5.91 Å². The Morgan fingerprint density at radius 3 is 2.24 bits per heavy atom. The minimum Gasteiger partial charge on any atom is -0.488 e. The van der Waals surface area contributed by atoms with Crippen LogP contribution < -0.4 is 15.4 Å². The molecule has 0 aliphatic carbocycles. The molecule has 1 amide bonds. The van der Waals surface area contributed by atoms with E-state index in [0.717, 1.165) is 57.1 Å². The zero-order chi connectivity index (χ0) is 32.6. The molecule has 2 fully saturated rings. The van der Waals surface area contributed by atoms with E-state index in [4.69, 9.17) is 24.9 Å². The van der Waals surface area contributed by atoms with Crippen molar-refractivity contribution in [2.75, 3.05) is 70.5 Å². The standard InChI is InChI=1S/C34H53FN6O4/c1-7-38-16-18-39(19-17-38)27-22-40(23-27)32-29(35)15-12-26(37-32)21-41(24-31(43-8-2)44-9-3)33(42)30(36)20-25-10-13-28(14-11-25)45-34(4,5)6/h10-15,27,30-31H,7-9,16-24,36H2,1-6H3/t30-/m0/s1. The molecule has 10 nitrogen and oxygen atoms in total. The summed E-state index contributed by atoms with van der Waals surface area (Å²) in [5.74, 6) is 0.478. The third-order valence-corrected chi connectivity index (χ3v) is 8.28. The Labute approximate surface area is 268 Å². The zero-order valence-corrected chi connectivity index (χ0v) is 28.0. The Kier molecular flexibility index (Phi) is 12.6. The zero-order valence-electron chi connectivity index (χ0n) is 28.0. The monoisotopic (exact) mass is 628 g/mol. The number of carbonyl (C=O) groups excluding carboxylic acids is 1. The van der Waals surface area contributed by atoms with Gasteiger partial charge in [-0.25, -0.2) is 9.37 Å². The van der Waals surface area contributed by atoms with Crippen molar-refractivity contribution in [2.24, 2.45) is 5.73 Å². The molecule has 2 saturated heterocycles. The van der Waals surface area contributed by atoms with E-state index in [0.29, 0.717) is 37.2 Å². The van der Waals surface area contributed by atoms with Crippen molar-refractivity contribution in [1.29, 1.82) is 0 Å².